The fraction of sp³-hybridized carbons (Fsp3) is 0.692. The number of nitrogens with zero attached hydrogens (tertiary/aromatic N) is 2. The molecule has 1 aromatic rings. The van der Waals surface area contributed by atoms with Gasteiger partial charge in [-0.25, -0.2) is 15.8 Å². The number of hydrogen-bond donors (Lipinski definition) is 3. The second-order valence-corrected chi connectivity index (χ2v) is 5.48. The predicted octanol–water partition coefficient (Wildman–Crippen LogP) is 1.51. The average molecular weight is 263 g/mol. The largest absolute Gasteiger partial charge is 0.377 e. The van der Waals surface area contributed by atoms with E-state index in [1.54, 1.807) is 7.11 Å². The van der Waals surface area contributed by atoms with Crippen molar-refractivity contribution in [3.05, 3.63) is 11.9 Å². The van der Waals surface area contributed by atoms with Crippen LogP contribution in [-0.4, -0.2) is 23.1 Å². The first kappa shape index (κ1) is 12.6. The number of anilines is 2. The molecule has 104 valence electrons. The lowest BCUT2D eigenvalue weighted by Gasteiger charge is -2.19. The van der Waals surface area contributed by atoms with Crippen molar-refractivity contribution < 1.29 is 4.74 Å². The minimum absolute atomic E-state index is 0.391. The van der Waals surface area contributed by atoms with Crippen molar-refractivity contribution in [1.29, 1.82) is 0 Å². The van der Waals surface area contributed by atoms with Crippen molar-refractivity contribution in [3.63, 3.8) is 0 Å². The zero-order valence-electron chi connectivity index (χ0n) is 11.2. The quantitative estimate of drug-likeness (QED) is 0.511. The summed E-state index contributed by atoms with van der Waals surface area (Å²) in [5.41, 5.74) is 2.58. The Morgan fingerprint density at radius 1 is 1.26 bits per heavy atom. The fourth-order valence-corrected chi connectivity index (χ4v) is 2.54. The highest BCUT2D eigenvalue weighted by molar-refractivity contribution is 5.48. The highest BCUT2D eigenvalue weighted by Gasteiger charge is 2.41. The number of hydrazine groups is 1. The molecule has 2 fully saturated rings. The Morgan fingerprint density at radius 2 is 1.89 bits per heavy atom. The van der Waals surface area contributed by atoms with Crippen molar-refractivity contribution in [2.75, 3.05) is 17.9 Å². The molecule has 2 aliphatic rings. The summed E-state index contributed by atoms with van der Waals surface area (Å²) >= 11 is 0. The molecular weight excluding hydrogens is 242 g/mol. The maximum absolute atomic E-state index is 5.45. The second-order valence-electron chi connectivity index (χ2n) is 5.48. The van der Waals surface area contributed by atoms with Crippen molar-refractivity contribution in [2.45, 2.75) is 38.3 Å². The molecule has 0 amide bonds. The highest BCUT2D eigenvalue weighted by Crippen LogP contribution is 2.45. The minimum atomic E-state index is 0.391. The van der Waals surface area contributed by atoms with Crippen LogP contribution in [0.15, 0.2) is 6.07 Å². The Hall–Kier alpha value is -1.40. The molecule has 4 N–H and O–H groups in total. The van der Waals surface area contributed by atoms with E-state index in [-0.39, 0.29) is 0 Å². The van der Waals surface area contributed by atoms with Crippen molar-refractivity contribution in [2.24, 2.45) is 17.7 Å². The van der Waals surface area contributed by atoms with Crippen molar-refractivity contribution in [1.82, 2.24) is 9.97 Å². The predicted molar refractivity (Wildman–Crippen MR) is 73.4 cm³/mol. The van der Waals surface area contributed by atoms with E-state index in [1.807, 2.05) is 6.07 Å². The lowest BCUT2D eigenvalue weighted by atomic mass is 10.1. The molecule has 2 aliphatic carbocycles. The molecule has 0 aromatic carbocycles. The molecule has 0 radical (unpaired) electrons. The maximum atomic E-state index is 5.45. The number of nitrogens with two attached hydrogens (primary N) is 1. The van der Waals surface area contributed by atoms with Crippen LogP contribution in [-0.2, 0) is 11.3 Å². The Morgan fingerprint density at radius 3 is 2.42 bits per heavy atom. The van der Waals surface area contributed by atoms with Gasteiger partial charge in [-0.1, -0.05) is 0 Å². The molecule has 1 heterocycles. The molecule has 0 unspecified atom stereocenters. The van der Waals surface area contributed by atoms with Crippen LogP contribution in [0, 0.1) is 11.8 Å². The van der Waals surface area contributed by atoms with E-state index in [4.69, 9.17) is 10.6 Å². The molecule has 0 atom stereocenters. The molecule has 0 aliphatic heterocycles. The first-order valence-corrected chi connectivity index (χ1v) is 6.90. The van der Waals surface area contributed by atoms with Crippen LogP contribution in [0.3, 0.4) is 0 Å². The molecule has 2 saturated carbocycles. The Bertz CT molecular complexity index is 433. The van der Waals surface area contributed by atoms with Crippen LogP contribution < -0.4 is 16.6 Å². The highest BCUT2D eigenvalue weighted by atomic mass is 16.5. The van der Waals surface area contributed by atoms with Crippen LogP contribution in [0.1, 0.15) is 31.5 Å². The van der Waals surface area contributed by atoms with Gasteiger partial charge in [0, 0.05) is 19.2 Å². The van der Waals surface area contributed by atoms with Gasteiger partial charge in [-0.05, 0) is 37.5 Å². The maximum Gasteiger partial charge on any atom is 0.158 e. The van der Waals surface area contributed by atoms with Crippen LogP contribution >= 0.6 is 0 Å². The normalized spacial score (nSPS) is 18.7. The van der Waals surface area contributed by atoms with Gasteiger partial charge in [-0.2, -0.15) is 0 Å². The number of rotatable bonds is 7. The summed E-state index contributed by atoms with van der Waals surface area (Å²) in [6.45, 7) is 0.391. The molecule has 0 bridgehead atoms. The van der Waals surface area contributed by atoms with E-state index in [1.165, 1.54) is 25.7 Å². The molecule has 0 spiro atoms. The van der Waals surface area contributed by atoms with E-state index < -0.39 is 0 Å². The smallest absolute Gasteiger partial charge is 0.158 e. The zero-order valence-corrected chi connectivity index (χ0v) is 11.2. The Labute approximate surface area is 113 Å². The third-order valence-corrected chi connectivity index (χ3v) is 3.77. The van der Waals surface area contributed by atoms with Gasteiger partial charge >= 0.3 is 0 Å². The van der Waals surface area contributed by atoms with Gasteiger partial charge in [0.25, 0.3) is 0 Å². The Kier molecular flexibility index (Phi) is 3.52. The topological polar surface area (TPSA) is 85.1 Å². The van der Waals surface area contributed by atoms with Gasteiger partial charge in [0.2, 0.25) is 0 Å². The summed E-state index contributed by atoms with van der Waals surface area (Å²) in [5.74, 6) is 9.20. The summed E-state index contributed by atoms with van der Waals surface area (Å²) < 4.78 is 5.09. The SMILES string of the molecule is COCc1nc(NN)cc(NC(C2CC2)C2CC2)n1. The first-order valence-electron chi connectivity index (χ1n) is 6.90. The number of hydrogen-bond acceptors (Lipinski definition) is 6. The summed E-state index contributed by atoms with van der Waals surface area (Å²) in [4.78, 5) is 8.75. The van der Waals surface area contributed by atoms with Crippen LogP contribution in [0.2, 0.25) is 0 Å². The summed E-state index contributed by atoms with van der Waals surface area (Å²) in [7, 11) is 1.64. The van der Waals surface area contributed by atoms with Gasteiger partial charge < -0.3 is 15.5 Å². The lowest BCUT2D eigenvalue weighted by Crippen LogP contribution is -2.25. The fourth-order valence-electron chi connectivity index (χ4n) is 2.54. The van der Waals surface area contributed by atoms with E-state index >= 15 is 0 Å². The second kappa shape index (κ2) is 5.30. The minimum Gasteiger partial charge on any atom is -0.377 e. The number of aromatic nitrogens is 2. The molecule has 1 aromatic heterocycles. The van der Waals surface area contributed by atoms with E-state index in [0.717, 1.165) is 17.7 Å². The van der Waals surface area contributed by atoms with Crippen LogP contribution in [0.4, 0.5) is 11.6 Å². The lowest BCUT2D eigenvalue weighted by molar-refractivity contribution is 0.178. The van der Waals surface area contributed by atoms with Gasteiger partial charge in [-0.3, -0.25) is 0 Å². The third kappa shape index (κ3) is 3.13. The number of methoxy groups -OCH3 is 1. The van der Waals surface area contributed by atoms with Crippen LogP contribution in [0.5, 0.6) is 0 Å². The summed E-state index contributed by atoms with van der Waals surface area (Å²) in [6.07, 6.45) is 5.36. The molecular formula is C13H21N5O. The average Bonchev–Trinajstić information content (AvgIpc) is 3.29. The standard InChI is InChI=1S/C13H21N5O/c1-19-7-12-15-10(6-11(16-12)18-14)17-13(8-2-3-8)9-4-5-9/h6,8-9,13H,2-5,7,14H2,1H3,(H2,15,16,17,18). The van der Waals surface area contributed by atoms with Crippen LogP contribution in [0.25, 0.3) is 0 Å². The Balaban J connectivity index is 1.75. The van der Waals surface area contributed by atoms with Gasteiger partial charge in [0.1, 0.15) is 18.2 Å². The molecule has 0 saturated heterocycles. The van der Waals surface area contributed by atoms with Gasteiger partial charge in [-0.15, -0.1) is 0 Å². The van der Waals surface area contributed by atoms with E-state index in [2.05, 4.69) is 20.7 Å². The van der Waals surface area contributed by atoms with E-state index in [0.29, 0.717) is 24.3 Å². The number of nitrogens with one attached hydrogen (secondary N) is 2. The first-order chi connectivity index (χ1) is 9.30. The van der Waals surface area contributed by atoms with Crippen molar-refractivity contribution in [3.8, 4) is 0 Å². The molecule has 3 rings (SSSR count). The van der Waals surface area contributed by atoms with Gasteiger partial charge in [0.15, 0.2) is 5.82 Å². The van der Waals surface area contributed by atoms with Crippen molar-refractivity contribution >= 4 is 11.6 Å². The zero-order chi connectivity index (χ0) is 13.2. The monoisotopic (exact) mass is 263 g/mol. The summed E-state index contributed by atoms with van der Waals surface area (Å²) in [6, 6.07) is 2.42. The third-order valence-electron chi connectivity index (χ3n) is 3.77. The molecule has 6 heteroatoms. The molecule has 19 heavy (non-hydrogen) atoms. The number of ether oxygens (including phenoxy) is 1. The van der Waals surface area contributed by atoms with E-state index in [9.17, 15) is 0 Å². The number of nitrogen functional groups attached to an aromatic ring is 1. The molecule has 6 nitrogen and oxygen atoms in total. The van der Waals surface area contributed by atoms with Gasteiger partial charge in [0.05, 0.1) is 0 Å². The summed E-state index contributed by atoms with van der Waals surface area (Å²) in [5, 5.41) is 3.57.